The first-order valence-corrected chi connectivity index (χ1v) is 15.9. The van der Waals surface area contributed by atoms with E-state index in [0.29, 0.717) is 24.2 Å². The van der Waals surface area contributed by atoms with Crippen LogP contribution in [0.4, 0.5) is 29.5 Å². The summed E-state index contributed by atoms with van der Waals surface area (Å²) in [7, 11) is 3.00. The van der Waals surface area contributed by atoms with E-state index in [9.17, 15) is 27.2 Å². The summed E-state index contributed by atoms with van der Waals surface area (Å²) in [5.41, 5.74) is 0.0331. The van der Waals surface area contributed by atoms with E-state index in [-0.39, 0.29) is 45.7 Å². The van der Waals surface area contributed by atoms with Gasteiger partial charge in [-0.25, -0.2) is 37.5 Å². The summed E-state index contributed by atoms with van der Waals surface area (Å²) in [6, 6.07) is 6.14. The lowest BCUT2D eigenvalue weighted by Crippen LogP contribution is -2.33. The van der Waals surface area contributed by atoms with Crippen molar-refractivity contribution in [3.8, 4) is 23.7 Å². The number of carbonyl (C=O) groups excluding carboxylic acids is 2. The Balaban J connectivity index is 0.000000201. The van der Waals surface area contributed by atoms with Crippen molar-refractivity contribution in [3.63, 3.8) is 0 Å². The number of halogens is 4. The number of benzene rings is 2. The monoisotopic (exact) mass is 714 g/mol. The molecule has 4 aromatic rings. The number of ether oxygens (including phenoxy) is 2. The lowest BCUT2D eigenvalue weighted by atomic mass is 9.90. The Bertz CT molecular complexity index is 1950. The Hall–Kier alpha value is -5.70. The predicted molar refractivity (Wildman–Crippen MR) is 183 cm³/mol. The van der Waals surface area contributed by atoms with E-state index in [1.165, 1.54) is 48.8 Å². The molecule has 0 bridgehead atoms. The van der Waals surface area contributed by atoms with Crippen molar-refractivity contribution in [1.29, 1.82) is 0 Å². The van der Waals surface area contributed by atoms with Crippen molar-refractivity contribution in [2.45, 2.75) is 39.9 Å². The lowest BCUT2D eigenvalue weighted by molar-refractivity contribution is -0.129. The Kier molecular flexibility index (Phi) is 11.0. The average molecular weight is 715 g/mol. The molecule has 2 amide bonds. The Morgan fingerprint density at radius 3 is 1.27 bits per heavy atom. The highest BCUT2D eigenvalue weighted by atomic mass is 19.1. The van der Waals surface area contributed by atoms with Crippen LogP contribution in [0.1, 0.15) is 49.9 Å². The van der Waals surface area contributed by atoms with Gasteiger partial charge in [-0.3, -0.25) is 19.4 Å². The summed E-state index contributed by atoms with van der Waals surface area (Å²) in [5, 5.41) is 0. The minimum Gasteiger partial charge on any atom is -0.371 e. The van der Waals surface area contributed by atoms with Gasteiger partial charge in [0, 0.05) is 62.9 Å². The Morgan fingerprint density at radius 1 is 0.615 bits per heavy atom. The molecule has 0 radical (unpaired) electrons. The number of aromatic nitrogens is 4. The molecule has 0 aliphatic carbocycles. The standard InChI is InChI=1S/2C19H17F2N3O2/c2*1-19(2)11-24(17(25)16(19)26-3)18-22-9-12(10-23-18)4-5-13-8-14(20)6-7-15(13)21/h2*6-10,16H,11H2,1-3H3/t2*16-/m10/s1. The molecule has 52 heavy (non-hydrogen) atoms. The molecule has 2 aliphatic rings. The van der Waals surface area contributed by atoms with Gasteiger partial charge < -0.3 is 9.47 Å². The average Bonchev–Trinajstić information content (AvgIpc) is 3.50. The molecule has 0 unspecified atom stereocenters. The first kappa shape index (κ1) is 37.6. The summed E-state index contributed by atoms with van der Waals surface area (Å²) >= 11 is 0. The Morgan fingerprint density at radius 2 is 0.962 bits per heavy atom. The van der Waals surface area contributed by atoms with Crippen LogP contribution in [-0.4, -0.2) is 71.3 Å². The van der Waals surface area contributed by atoms with E-state index >= 15 is 0 Å². The second-order valence-electron chi connectivity index (χ2n) is 13.3. The third kappa shape index (κ3) is 8.26. The first-order valence-electron chi connectivity index (χ1n) is 15.9. The molecule has 2 aromatic heterocycles. The van der Waals surface area contributed by atoms with Gasteiger partial charge in [0.25, 0.3) is 11.8 Å². The van der Waals surface area contributed by atoms with E-state index in [1.54, 1.807) is 0 Å². The first-order chi connectivity index (χ1) is 24.6. The van der Waals surface area contributed by atoms with Crippen LogP contribution in [0.25, 0.3) is 0 Å². The van der Waals surface area contributed by atoms with Gasteiger partial charge in [0.15, 0.2) is 0 Å². The molecule has 4 heterocycles. The second-order valence-corrected chi connectivity index (χ2v) is 13.3. The number of hydrogen-bond acceptors (Lipinski definition) is 8. The quantitative estimate of drug-likeness (QED) is 0.213. The molecule has 2 aromatic carbocycles. The molecule has 6 rings (SSSR count). The number of rotatable bonds is 4. The van der Waals surface area contributed by atoms with Crippen LogP contribution < -0.4 is 9.80 Å². The van der Waals surface area contributed by atoms with E-state index < -0.39 is 35.5 Å². The second kappa shape index (κ2) is 15.3. The molecule has 2 aliphatic heterocycles. The number of methoxy groups -OCH3 is 2. The van der Waals surface area contributed by atoms with Crippen molar-refractivity contribution in [2.75, 3.05) is 37.1 Å². The van der Waals surface area contributed by atoms with Gasteiger partial charge in [-0.1, -0.05) is 51.4 Å². The van der Waals surface area contributed by atoms with Crippen LogP contribution in [0.2, 0.25) is 0 Å². The third-order valence-electron chi connectivity index (χ3n) is 8.30. The number of carbonyl (C=O) groups is 2. The molecule has 0 saturated carbocycles. The molecule has 2 saturated heterocycles. The van der Waals surface area contributed by atoms with E-state index in [2.05, 4.69) is 43.6 Å². The van der Waals surface area contributed by atoms with Crippen molar-refractivity contribution < 1.29 is 36.6 Å². The molecule has 2 fully saturated rings. The van der Waals surface area contributed by atoms with Gasteiger partial charge in [-0.15, -0.1) is 0 Å². The molecule has 14 heteroatoms. The summed E-state index contributed by atoms with van der Waals surface area (Å²) in [5.74, 6) is 8.25. The van der Waals surface area contributed by atoms with Crippen LogP contribution in [0.15, 0.2) is 61.2 Å². The third-order valence-corrected chi connectivity index (χ3v) is 8.30. The van der Waals surface area contributed by atoms with E-state index in [1.807, 2.05) is 27.7 Å². The highest BCUT2D eigenvalue weighted by molar-refractivity contribution is 5.99. The topological polar surface area (TPSA) is 111 Å². The lowest BCUT2D eigenvalue weighted by Gasteiger charge is -2.21. The van der Waals surface area contributed by atoms with Crippen molar-refractivity contribution >= 4 is 23.7 Å². The summed E-state index contributed by atoms with van der Waals surface area (Å²) in [4.78, 5) is 44.5. The molecule has 2 atom stereocenters. The van der Waals surface area contributed by atoms with Gasteiger partial charge in [0.2, 0.25) is 11.9 Å². The normalized spacial score (nSPS) is 18.6. The predicted octanol–water partition coefficient (Wildman–Crippen LogP) is 5.08. The number of hydrogen-bond donors (Lipinski definition) is 0. The van der Waals surface area contributed by atoms with Crippen molar-refractivity contribution in [3.05, 3.63) is 107 Å². The highest BCUT2D eigenvalue weighted by Gasteiger charge is 2.49. The molecule has 268 valence electrons. The maximum Gasteiger partial charge on any atom is 0.259 e. The fraction of sp³-hybridized carbons (Fsp3) is 0.316. The number of nitrogens with zero attached hydrogens (tertiary/aromatic N) is 6. The molecule has 0 N–H and O–H groups in total. The number of amides is 2. The molecular formula is C38H34F4N6O4. The van der Waals surface area contributed by atoms with Crippen LogP contribution in [0.5, 0.6) is 0 Å². The van der Waals surface area contributed by atoms with E-state index in [0.717, 1.165) is 36.4 Å². The zero-order chi connectivity index (χ0) is 37.8. The van der Waals surface area contributed by atoms with Crippen LogP contribution in [0, 0.1) is 57.8 Å². The molecule has 0 spiro atoms. The van der Waals surface area contributed by atoms with Crippen molar-refractivity contribution in [1.82, 2.24) is 19.9 Å². The van der Waals surface area contributed by atoms with Crippen LogP contribution in [0.3, 0.4) is 0 Å². The number of anilines is 2. The molecule has 10 nitrogen and oxygen atoms in total. The van der Waals surface area contributed by atoms with Gasteiger partial charge >= 0.3 is 0 Å². The molecular weight excluding hydrogens is 680 g/mol. The zero-order valence-electron chi connectivity index (χ0n) is 29.2. The highest BCUT2D eigenvalue weighted by Crippen LogP contribution is 2.35. The minimum atomic E-state index is -0.605. The fourth-order valence-corrected chi connectivity index (χ4v) is 5.78. The van der Waals surface area contributed by atoms with E-state index in [4.69, 9.17) is 9.47 Å². The van der Waals surface area contributed by atoms with Gasteiger partial charge in [-0.2, -0.15) is 0 Å². The van der Waals surface area contributed by atoms with Crippen molar-refractivity contribution in [2.24, 2.45) is 10.8 Å². The Labute approximate surface area is 298 Å². The van der Waals surface area contributed by atoms with Gasteiger partial charge in [-0.05, 0) is 36.4 Å². The van der Waals surface area contributed by atoms with Crippen LogP contribution in [-0.2, 0) is 19.1 Å². The maximum absolute atomic E-state index is 13.6. The summed E-state index contributed by atoms with van der Waals surface area (Å²) < 4.78 is 64.0. The largest absolute Gasteiger partial charge is 0.371 e. The fourth-order valence-electron chi connectivity index (χ4n) is 5.78. The van der Waals surface area contributed by atoms with Gasteiger partial charge in [0.1, 0.15) is 35.5 Å². The minimum absolute atomic E-state index is 0.0477. The van der Waals surface area contributed by atoms with Crippen LogP contribution >= 0.6 is 0 Å². The maximum atomic E-state index is 13.6. The SMILES string of the molecule is CO[C@@H]1C(=O)N(c2ncc(C#Cc3cc(F)ccc3F)cn2)CC1(C)C.CO[C@H]1C(=O)N(c2ncc(C#Cc3cc(F)ccc3F)cn2)CC1(C)C. The zero-order valence-corrected chi connectivity index (χ0v) is 29.2. The smallest absolute Gasteiger partial charge is 0.259 e. The van der Waals surface area contributed by atoms with Gasteiger partial charge in [0.05, 0.1) is 22.3 Å². The summed E-state index contributed by atoms with van der Waals surface area (Å²) in [6.07, 6.45) is 4.64. The summed E-state index contributed by atoms with van der Waals surface area (Å²) in [6.45, 7) is 8.62.